The summed E-state index contributed by atoms with van der Waals surface area (Å²) in [6, 6.07) is 69.5. The normalized spacial score (nSPS) is 15.4. The molecule has 0 spiro atoms. The van der Waals surface area contributed by atoms with Crippen molar-refractivity contribution in [1.29, 1.82) is 0 Å². The third kappa shape index (κ3) is 15.4. The average molecular weight is 1110 g/mol. The number of nitrogens with one attached hydrogen (secondary N) is 2. The summed E-state index contributed by atoms with van der Waals surface area (Å²) in [5.74, 6) is -4.67. The Bertz CT molecular complexity index is 3170. The number of ketones is 3. The van der Waals surface area contributed by atoms with Gasteiger partial charge in [0.1, 0.15) is 6.04 Å². The maximum absolute atomic E-state index is 14.6. The van der Waals surface area contributed by atoms with Gasteiger partial charge in [0.25, 0.3) is 5.91 Å². The first-order valence-electron chi connectivity index (χ1n) is 30.2. The molecule has 1 unspecified atom stereocenters. The van der Waals surface area contributed by atoms with Gasteiger partial charge in [0, 0.05) is 42.1 Å². The number of carbonyl (C=O) groups is 6. The van der Waals surface area contributed by atoms with Crippen molar-refractivity contribution in [2.75, 3.05) is 0 Å². The molecule has 9 nitrogen and oxygen atoms in total. The molecule has 2 aliphatic rings. The van der Waals surface area contributed by atoms with Crippen LogP contribution in [0.4, 0.5) is 0 Å². The van der Waals surface area contributed by atoms with Gasteiger partial charge in [0.05, 0.1) is 5.92 Å². The Hall–Kier alpha value is -8.82. The zero-order valence-corrected chi connectivity index (χ0v) is 47.9. The van der Waals surface area contributed by atoms with Crippen LogP contribution in [0.25, 0.3) is 11.1 Å². The van der Waals surface area contributed by atoms with Crippen molar-refractivity contribution in [2.24, 2.45) is 11.8 Å². The summed E-state index contributed by atoms with van der Waals surface area (Å²) in [7, 11) is 0. The lowest BCUT2D eigenvalue weighted by atomic mass is 9.72. The second-order valence-corrected chi connectivity index (χ2v) is 22.9. The Morgan fingerprint density at radius 2 is 0.714 bits per heavy atom. The first-order valence-corrected chi connectivity index (χ1v) is 30.2. The van der Waals surface area contributed by atoms with Crippen LogP contribution in [0.5, 0.6) is 0 Å². The van der Waals surface area contributed by atoms with E-state index in [0.717, 1.165) is 110 Å². The van der Waals surface area contributed by atoms with Gasteiger partial charge in [-0.1, -0.05) is 218 Å². The summed E-state index contributed by atoms with van der Waals surface area (Å²) < 4.78 is 0. The molecular weight excluding hydrogens is 1040 g/mol. The Morgan fingerprint density at radius 3 is 1.13 bits per heavy atom. The highest BCUT2D eigenvalue weighted by Crippen LogP contribution is 2.34. The SMILES string of the molecule is O=C(C(=O)C1Cc2ccccc2C[C@@H]1C(=O)NC(CCCc1ccccc1)CCCc1ccccc1)c1ccc(-c2ccc(C(=O)C(=O)N3Cc4ccccc4C[C@@H]3C(=O)NC(CCCc3ccccc3)CCCc3ccccc3)cc2)cc1. The van der Waals surface area contributed by atoms with Crippen LogP contribution in [-0.2, 0) is 70.7 Å². The van der Waals surface area contributed by atoms with E-state index in [4.69, 9.17) is 0 Å². The lowest BCUT2D eigenvalue weighted by Gasteiger charge is -2.36. The largest absolute Gasteiger partial charge is 0.353 e. The predicted molar refractivity (Wildman–Crippen MR) is 332 cm³/mol. The molecule has 426 valence electrons. The number of Topliss-reactive ketones (excluding diaryl/α,β-unsaturated/α-hetero) is 3. The van der Waals surface area contributed by atoms with Crippen molar-refractivity contribution >= 4 is 35.1 Å². The fourth-order valence-corrected chi connectivity index (χ4v) is 12.4. The van der Waals surface area contributed by atoms with Gasteiger partial charge in [0.15, 0.2) is 0 Å². The number of amides is 3. The molecule has 0 bridgehead atoms. The number of hydrogen-bond acceptors (Lipinski definition) is 6. The maximum atomic E-state index is 14.6. The van der Waals surface area contributed by atoms with Crippen LogP contribution in [0.3, 0.4) is 0 Å². The number of benzene rings is 8. The number of nitrogens with zero attached hydrogens (tertiary/aromatic N) is 1. The third-order valence-electron chi connectivity index (χ3n) is 17.2. The Labute approximate surface area is 495 Å². The van der Waals surface area contributed by atoms with Crippen LogP contribution in [0, 0.1) is 11.8 Å². The molecule has 0 saturated carbocycles. The summed E-state index contributed by atoms with van der Waals surface area (Å²) in [6.07, 6.45) is 11.2. The molecule has 0 radical (unpaired) electrons. The summed E-state index contributed by atoms with van der Waals surface area (Å²) in [6.45, 7) is 0.130. The van der Waals surface area contributed by atoms with Gasteiger partial charge >= 0.3 is 0 Å². The minimum absolute atomic E-state index is 0.0906. The van der Waals surface area contributed by atoms with Gasteiger partial charge in [-0.05, 0) is 146 Å². The zero-order chi connectivity index (χ0) is 58.0. The van der Waals surface area contributed by atoms with Crippen LogP contribution in [-0.4, -0.2) is 58.1 Å². The quantitative estimate of drug-likeness (QED) is 0.0410. The first kappa shape index (κ1) is 58.4. The average Bonchev–Trinajstić information content (AvgIpc) is 3.18. The smallest absolute Gasteiger partial charge is 0.295 e. The van der Waals surface area contributed by atoms with E-state index in [1.807, 2.05) is 121 Å². The van der Waals surface area contributed by atoms with Gasteiger partial charge in [-0.15, -0.1) is 0 Å². The first-order chi connectivity index (χ1) is 41.1. The summed E-state index contributed by atoms with van der Waals surface area (Å²) in [5.41, 5.74) is 10.8. The number of aryl methyl sites for hydroxylation is 4. The van der Waals surface area contributed by atoms with Gasteiger partial charge in [-0.2, -0.15) is 0 Å². The van der Waals surface area contributed by atoms with Crippen molar-refractivity contribution < 1.29 is 28.8 Å². The van der Waals surface area contributed by atoms with Crippen LogP contribution >= 0.6 is 0 Å². The second kappa shape index (κ2) is 28.9. The lowest BCUT2D eigenvalue weighted by molar-refractivity contribution is -0.138. The molecule has 1 aliphatic carbocycles. The van der Waals surface area contributed by atoms with Crippen molar-refractivity contribution in [3.05, 3.63) is 274 Å². The molecule has 3 atom stereocenters. The monoisotopic (exact) mass is 1110 g/mol. The van der Waals surface area contributed by atoms with Crippen molar-refractivity contribution in [2.45, 2.75) is 121 Å². The molecule has 2 N–H and O–H groups in total. The van der Waals surface area contributed by atoms with Crippen LogP contribution in [0.15, 0.2) is 218 Å². The molecule has 1 heterocycles. The molecule has 84 heavy (non-hydrogen) atoms. The molecule has 1 aliphatic heterocycles. The number of hydrogen-bond donors (Lipinski definition) is 2. The second-order valence-electron chi connectivity index (χ2n) is 22.9. The van der Waals surface area contributed by atoms with Gasteiger partial charge < -0.3 is 15.5 Å². The Balaban J connectivity index is 0.794. The van der Waals surface area contributed by atoms with E-state index in [1.165, 1.54) is 27.2 Å². The molecule has 8 aromatic carbocycles. The van der Waals surface area contributed by atoms with Crippen LogP contribution in [0.2, 0.25) is 0 Å². The Morgan fingerprint density at radius 1 is 0.369 bits per heavy atom. The topological polar surface area (TPSA) is 130 Å². The van der Waals surface area contributed by atoms with Crippen molar-refractivity contribution in [3.8, 4) is 11.1 Å². The van der Waals surface area contributed by atoms with E-state index >= 15 is 0 Å². The van der Waals surface area contributed by atoms with E-state index in [9.17, 15) is 28.8 Å². The fraction of sp³-hybridized carbons (Fsp3) is 0.280. The maximum Gasteiger partial charge on any atom is 0.295 e. The van der Waals surface area contributed by atoms with E-state index in [0.29, 0.717) is 19.3 Å². The molecule has 8 aromatic rings. The predicted octanol–water partition coefficient (Wildman–Crippen LogP) is 13.3. The standard InChI is InChI=1S/C75H75N3O6/c79-70(72(81)67-49-61-33-13-14-34-62(61)50-68(67)73(82)76-65(37-17-29-53-21-5-1-6-22-53)38-18-30-54-23-7-2-8-24-54)59-45-41-57(42-46-59)58-43-47-60(48-44-58)71(80)75(84)78-52-64-36-16-15-35-63(64)51-69(78)74(83)77-66(39-19-31-55-25-9-3-10-26-55)40-20-32-56-27-11-4-12-28-56/h1-16,21-28,33-36,41-48,65-69H,17-20,29-32,37-40,49-52H2,(H,76,82)(H,77,83)/t67?,68-,69+/m0/s1. The number of carbonyl (C=O) groups excluding carboxylic acids is 6. The van der Waals surface area contributed by atoms with Crippen LogP contribution < -0.4 is 10.6 Å². The van der Waals surface area contributed by atoms with Crippen LogP contribution in [0.1, 0.15) is 117 Å². The number of fused-ring (bicyclic) bond motifs is 2. The minimum Gasteiger partial charge on any atom is -0.353 e. The van der Waals surface area contributed by atoms with E-state index in [-0.39, 0.29) is 41.6 Å². The van der Waals surface area contributed by atoms with Crippen molar-refractivity contribution in [3.63, 3.8) is 0 Å². The zero-order valence-electron chi connectivity index (χ0n) is 47.9. The van der Waals surface area contributed by atoms with Gasteiger partial charge in [0.2, 0.25) is 29.2 Å². The molecule has 0 aromatic heterocycles. The molecule has 9 heteroatoms. The van der Waals surface area contributed by atoms with E-state index < -0.39 is 41.1 Å². The van der Waals surface area contributed by atoms with E-state index in [1.54, 1.807) is 48.5 Å². The lowest BCUT2D eigenvalue weighted by Crippen LogP contribution is -2.55. The summed E-state index contributed by atoms with van der Waals surface area (Å²) in [5, 5.41) is 6.74. The summed E-state index contributed by atoms with van der Waals surface area (Å²) >= 11 is 0. The molecule has 0 fully saturated rings. The fourth-order valence-electron chi connectivity index (χ4n) is 12.4. The minimum atomic E-state index is -0.875. The van der Waals surface area contributed by atoms with Gasteiger partial charge in [-0.3, -0.25) is 28.8 Å². The molecule has 10 rings (SSSR count). The van der Waals surface area contributed by atoms with Gasteiger partial charge in [-0.25, -0.2) is 0 Å². The highest BCUT2D eigenvalue weighted by molar-refractivity contribution is 6.45. The Kier molecular flexibility index (Phi) is 20.1. The highest BCUT2D eigenvalue weighted by atomic mass is 16.2. The highest BCUT2D eigenvalue weighted by Gasteiger charge is 2.42. The van der Waals surface area contributed by atoms with Crippen molar-refractivity contribution in [1.82, 2.24) is 15.5 Å². The molecule has 0 saturated heterocycles. The third-order valence-corrected chi connectivity index (χ3v) is 17.2. The van der Waals surface area contributed by atoms with E-state index in [2.05, 4.69) is 59.2 Å². The summed E-state index contributed by atoms with van der Waals surface area (Å²) in [4.78, 5) is 87.9. The molecule has 3 amide bonds. The molecular formula is C75H75N3O6. The number of rotatable bonds is 26.